The topological polar surface area (TPSA) is 102 Å². The van der Waals surface area contributed by atoms with Crippen LogP contribution in [0.5, 0.6) is 0 Å². The lowest BCUT2D eigenvalue weighted by molar-refractivity contribution is 0.585. The van der Waals surface area contributed by atoms with Gasteiger partial charge in [-0.2, -0.15) is 0 Å². The Labute approximate surface area is 188 Å². The van der Waals surface area contributed by atoms with Crippen molar-refractivity contribution in [2.45, 2.75) is 19.4 Å². The van der Waals surface area contributed by atoms with Gasteiger partial charge in [0.15, 0.2) is 0 Å². The van der Waals surface area contributed by atoms with Crippen molar-refractivity contribution in [2.24, 2.45) is 4.99 Å². The monoisotopic (exact) mass is 428 g/mol. The highest BCUT2D eigenvalue weighted by atomic mass is 15.2. The number of anilines is 2. The number of rotatable bonds is 7. The van der Waals surface area contributed by atoms with E-state index in [1.54, 1.807) is 12.3 Å². The van der Waals surface area contributed by atoms with E-state index in [9.17, 15) is 0 Å². The number of fused-ring (bicyclic) bond motifs is 1. The maximum atomic E-state index is 8.40. The largest absolute Gasteiger partial charge is 0.354 e. The van der Waals surface area contributed by atoms with Crippen molar-refractivity contribution >= 4 is 28.8 Å². The fourth-order valence-electron chi connectivity index (χ4n) is 3.98. The predicted octanol–water partition coefficient (Wildman–Crippen LogP) is 3.01. The first-order chi connectivity index (χ1) is 15.8. The number of aromatic nitrogens is 3. The molecule has 2 aromatic rings. The molecule has 0 atom stereocenters. The van der Waals surface area contributed by atoms with Gasteiger partial charge in [0.2, 0.25) is 5.95 Å². The maximum Gasteiger partial charge on any atom is 0.223 e. The van der Waals surface area contributed by atoms with Gasteiger partial charge in [-0.1, -0.05) is 18.2 Å². The van der Waals surface area contributed by atoms with E-state index in [1.807, 2.05) is 30.6 Å². The molecular weight excluding hydrogens is 400 g/mol. The van der Waals surface area contributed by atoms with Crippen LogP contribution in [0.4, 0.5) is 11.8 Å². The molecule has 0 amide bonds. The summed E-state index contributed by atoms with van der Waals surface area (Å²) in [6, 6.07) is 4.18. The van der Waals surface area contributed by atoms with Crippen molar-refractivity contribution in [2.75, 3.05) is 36.4 Å². The summed E-state index contributed by atoms with van der Waals surface area (Å²) in [5.41, 5.74) is 5.27. The van der Waals surface area contributed by atoms with Gasteiger partial charge in [0.25, 0.3) is 0 Å². The number of piperazine rings is 1. The fraction of sp³-hybridized carbons (Fsp3) is 0.292. The molecule has 0 spiro atoms. The maximum absolute atomic E-state index is 8.40. The van der Waals surface area contributed by atoms with Gasteiger partial charge in [0, 0.05) is 82.4 Å². The lowest BCUT2D eigenvalue weighted by atomic mass is 10.1. The molecule has 0 bridgehead atoms. The number of pyridine rings is 1. The van der Waals surface area contributed by atoms with E-state index in [-0.39, 0.29) is 1.43 Å². The van der Waals surface area contributed by atoms with Crippen molar-refractivity contribution in [3.05, 3.63) is 71.9 Å². The molecular formula is C24H28N8. The Kier molecular flexibility index (Phi) is 5.85. The van der Waals surface area contributed by atoms with Crippen LogP contribution >= 0.6 is 0 Å². The second kappa shape index (κ2) is 9.23. The standard InChI is InChI=1S/C24H26N8.H2/c25-21(6-4-18-2-1-9-27-18)19-5-7-22-20(19)16-30-24(31-22)29-15-17-3-8-23(28-14-17)32-12-10-26-11-13-32;/h1,3-6,8-9,14,16,25-26H,2,7,10-13,15H2,(H,29,30,31);1H/b6-4-,25-21?;. The van der Waals surface area contributed by atoms with Gasteiger partial charge in [-0.05, 0) is 23.8 Å². The molecule has 2 aromatic heterocycles. The Morgan fingerprint density at radius 3 is 2.88 bits per heavy atom. The zero-order valence-corrected chi connectivity index (χ0v) is 17.9. The average Bonchev–Trinajstić information content (AvgIpc) is 3.52. The summed E-state index contributed by atoms with van der Waals surface area (Å²) in [5, 5.41) is 15.1. The van der Waals surface area contributed by atoms with Crippen molar-refractivity contribution in [1.29, 1.82) is 5.41 Å². The molecule has 2 aliphatic heterocycles. The van der Waals surface area contributed by atoms with Crippen molar-refractivity contribution in [3.8, 4) is 0 Å². The highest BCUT2D eigenvalue weighted by Gasteiger charge is 2.19. The molecule has 1 aliphatic carbocycles. The van der Waals surface area contributed by atoms with Gasteiger partial charge >= 0.3 is 0 Å². The highest BCUT2D eigenvalue weighted by molar-refractivity contribution is 6.29. The molecule has 0 radical (unpaired) electrons. The molecule has 32 heavy (non-hydrogen) atoms. The Bertz CT molecular complexity index is 1130. The van der Waals surface area contributed by atoms with Crippen molar-refractivity contribution in [1.82, 2.24) is 20.3 Å². The zero-order valence-electron chi connectivity index (χ0n) is 17.9. The van der Waals surface area contributed by atoms with E-state index in [0.717, 1.165) is 66.5 Å². The van der Waals surface area contributed by atoms with E-state index in [4.69, 9.17) is 5.41 Å². The summed E-state index contributed by atoms with van der Waals surface area (Å²) < 4.78 is 0. The molecule has 8 heteroatoms. The Hall–Kier alpha value is -3.65. The lowest BCUT2D eigenvalue weighted by Crippen LogP contribution is -2.43. The smallest absolute Gasteiger partial charge is 0.223 e. The first-order valence-electron chi connectivity index (χ1n) is 11.0. The summed E-state index contributed by atoms with van der Waals surface area (Å²) in [6.45, 7) is 4.59. The molecule has 3 aliphatic rings. The summed E-state index contributed by atoms with van der Waals surface area (Å²) in [5.74, 6) is 1.62. The summed E-state index contributed by atoms with van der Waals surface area (Å²) in [7, 11) is 0. The first-order valence-corrected chi connectivity index (χ1v) is 11.0. The molecule has 164 valence electrons. The average molecular weight is 429 g/mol. The third-order valence-corrected chi connectivity index (χ3v) is 5.76. The molecule has 0 aromatic carbocycles. The summed E-state index contributed by atoms with van der Waals surface area (Å²) in [6.07, 6.45) is 14.8. The van der Waals surface area contributed by atoms with Gasteiger partial charge < -0.3 is 20.9 Å². The minimum absolute atomic E-state index is 0. The number of hydrogen-bond acceptors (Lipinski definition) is 8. The second-order valence-electron chi connectivity index (χ2n) is 7.95. The van der Waals surface area contributed by atoms with Crippen LogP contribution in [0, 0.1) is 5.41 Å². The van der Waals surface area contributed by atoms with Crippen LogP contribution in [-0.4, -0.2) is 52.6 Å². The van der Waals surface area contributed by atoms with Crippen molar-refractivity contribution < 1.29 is 1.43 Å². The van der Waals surface area contributed by atoms with Gasteiger partial charge in [0.1, 0.15) is 5.82 Å². The van der Waals surface area contributed by atoms with E-state index in [1.165, 1.54) is 0 Å². The molecule has 1 fully saturated rings. The minimum Gasteiger partial charge on any atom is -0.354 e. The molecule has 1 saturated heterocycles. The quantitative estimate of drug-likeness (QED) is 0.586. The minimum atomic E-state index is 0. The van der Waals surface area contributed by atoms with E-state index >= 15 is 0 Å². The first kappa shape index (κ1) is 20.3. The molecule has 0 unspecified atom stereocenters. The van der Waals surface area contributed by atoms with Crippen LogP contribution in [0.2, 0.25) is 0 Å². The van der Waals surface area contributed by atoms with Gasteiger partial charge in [0.05, 0.1) is 11.4 Å². The normalized spacial score (nSPS) is 17.4. The van der Waals surface area contributed by atoms with E-state index < -0.39 is 0 Å². The summed E-state index contributed by atoms with van der Waals surface area (Å²) >= 11 is 0. The van der Waals surface area contributed by atoms with Gasteiger partial charge in [-0.15, -0.1) is 0 Å². The van der Waals surface area contributed by atoms with Gasteiger partial charge in [-0.25, -0.2) is 15.0 Å². The number of hydrogen-bond donors (Lipinski definition) is 3. The fourth-order valence-corrected chi connectivity index (χ4v) is 3.98. The SMILES string of the molecule is N=C(/C=C\C1=NC=CC1)C1=CCc2nc(NCc3ccc(N4CCNCC4)nc3)ncc21.[HH]. The van der Waals surface area contributed by atoms with Crippen LogP contribution < -0.4 is 15.5 Å². The Morgan fingerprint density at radius 1 is 1.19 bits per heavy atom. The van der Waals surface area contributed by atoms with Crippen LogP contribution in [-0.2, 0) is 13.0 Å². The van der Waals surface area contributed by atoms with Crippen LogP contribution in [0.1, 0.15) is 24.7 Å². The Balaban J connectivity index is 0.00000259. The molecule has 0 saturated carbocycles. The number of allylic oxidation sites excluding steroid dienone is 5. The zero-order chi connectivity index (χ0) is 21.8. The number of aliphatic imine (C=N–C) groups is 1. The van der Waals surface area contributed by atoms with E-state index in [0.29, 0.717) is 24.6 Å². The van der Waals surface area contributed by atoms with Gasteiger partial charge in [-0.3, -0.25) is 4.99 Å². The molecule has 8 nitrogen and oxygen atoms in total. The Morgan fingerprint density at radius 2 is 2.09 bits per heavy atom. The van der Waals surface area contributed by atoms with Crippen LogP contribution in [0.3, 0.4) is 0 Å². The highest BCUT2D eigenvalue weighted by Crippen LogP contribution is 2.27. The molecule has 4 heterocycles. The molecule has 5 rings (SSSR count). The van der Waals surface area contributed by atoms with E-state index in [2.05, 4.69) is 47.6 Å². The van der Waals surface area contributed by atoms with Crippen molar-refractivity contribution in [3.63, 3.8) is 0 Å². The predicted molar refractivity (Wildman–Crippen MR) is 131 cm³/mol. The second-order valence-corrected chi connectivity index (χ2v) is 7.95. The number of nitrogens with one attached hydrogen (secondary N) is 3. The van der Waals surface area contributed by atoms with Crippen LogP contribution in [0.15, 0.2) is 60.0 Å². The number of nitrogens with zero attached hydrogens (tertiary/aromatic N) is 5. The molecule has 3 N–H and O–H groups in total. The third-order valence-electron chi connectivity index (χ3n) is 5.76. The summed E-state index contributed by atoms with van der Waals surface area (Å²) in [4.78, 5) is 20.3. The lowest BCUT2D eigenvalue weighted by Gasteiger charge is -2.28. The third kappa shape index (κ3) is 4.50. The van der Waals surface area contributed by atoms with Crippen LogP contribution in [0.25, 0.3) is 5.57 Å².